The Bertz CT molecular complexity index is 2180. The number of carbonyl (C=O) groups excluding carboxylic acids is 4. The zero-order chi connectivity index (χ0) is 43.3. The van der Waals surface area contributed by atoms with E-state index in [2.05, 4.69) is 27.7 Å². The first kappa shape index (κ1) is 45.2. The van der Waals surface area contributed by atoms with Gasteiger partial charge in [0.1, 0.15) is 24.6 Å². The van der Waals surface area contributed by atoms with Gasteiger partial charge >= 0.3 is 11.9 Å². The Kier molecular flexibility index (Phi) is 16.1. The summed E-state index contributed by atoms with van der Waals surface area (Å²) in [7, 11) is 0. The number of hydrogen-bond acceptors (Lipinski definition) is 10. The zero-order valence-corrected chi connectivity index (χ0v) is 36.0. The molecule has 3 aromatic carbocycles. The molecular weight excluding hydrogens is 757 g/mol. The van der Waals surface area contributed by atoms with Crippen LogP contribution in [0.15, 0.2) is 108 Å². The van der Waals surface area contributed by atoms with Gasteiger partial charge in [0.2, 0.25) is 5.78 Å². The molecular formula is C50H60N2O8. The van der Waals surface area contributed by atoms with Crippen molar-refractivity contribution in [2.45, 2.75) is 92.9 Å². The van der Waals surface area contributed by atoms with Gasteiger partial charge in [-0.2, -0.15) is 0 Å². The number of allylic oxidation sites excluding steroid dienone is 6. The van der Waals surface area contributed by atoms with Crippen molar-refractivity contribution in [1.29, 1.82) is 0 Å². The lowest BCUT2D eigenvalue weighted by molar-refractivity contribution is -0.144. The highest BCUT2D eigenvalue weighted by molar-refractivity contribution is 6.41. The van der Waals surface area contributed by atoms with E-state index in [1.54, 1.807) is 21.9 Å². The third-order valence-corrected chi connectivity index (χ3v) is 11.3. The van der Waals surface area contributed by atoms with Crippen LogP contribution in [-0.2, 0) is 28.7 Å². The van der Waals surface area contributed by atoms with Crippen molar-refractivity contribution in [1.82, 2.24) is 0 Å². The van der Waals surface area contributed by atoms with Crippen LogP contribution in [0, 0.1) is 25.7 Å². The highest BCUT2D eigenvalue weighted by Crippen LogP contribution is 2.43. The molecule has 2 atom stereocenters. The standard InChI is InChI=1S/C50H60N2O8/c1-7-11-17-35(9-3)31-59-45(55)29-51(37-19-13-15-33(5)25-37)39-21-23-41(43(53)27-39)47-49(57)48(50(47)58)42-24-22-40(28-44(42)54)52(38-20-14-16-34(6)26-38)30-46(56)60-32-36(10-4)18-12-8-2/h13-16,19-28,35-36,53,57H,7-12,17-18,29-32H2,1-6H3. The number of hydrogen-bond donors (Lipinski definition) is 2. The minimum Gasteiger partial charge on any atom is -0.507 e. The van der Waals surface area contributed by atoms with Crippen molar-refractivity contribution in [2.24, 2.45) is 11.8 Å². The van der Waals surface area contributed by atoms with Crippen molar-refractivity contribution < 1.29 is 38.9 Å². The molecule has 0 amide bonds. The van der Waals surface area contributed by atoms with Gasteiger partial charge in [-0.3, -0.25) is 19.2 Å². The van der Waals surface area contributed by atoms with Crippen LogP contribution >= 0.6 is 0 Å². The van der Waals surface area contributed by atoms with E-state index in [1.807, 2.05) is 62.4 Å². The minimum absolute atomic E-state index is 0.00117. The number of aromatic hydroxyl groups is 1. The van der Waals surface area contributed by atoms with Crippen LogP contribution < -0.4 is 9.80 Å². The third kappa shape index (κ3) is 11.2. The van der Waals surface area contributed by atoms with Gasteiger partial charge in [0, 0.05) is 46.0 Å². The van der Waals surface area contributed by atoms with E-state index >= 15 is 0 Å². The first-order chi connectivity index (χ1) is 28.9. The number of aryl methyl sites for hydroxylation is 2. The molecule has 2 aliphatic rings. The highest BCUT2D eigenvalue weighted by Gasteiger charge is 2.40. The summed E-state index contributed by atoms with van der Waals surface area (Å²) in [4.78, 5) is 57.2. The Morgan fingerprint density at radius 3 is 1.68 bits per heavy atom. The first-order valence-corrected chi connectivity index (χ1v) is 21.4. The average molecular weight is 817 g/mol. The average Bonchev–Trinajstić information content (AvgIpc) is 3.23. The number of esters is 2. The Hall–Kier alpha value is -5.90. The predicted molar refractivity (Wildman–Crippen MR) is 237 cm³/mol. The van der Waals surface area contributed by atoms with Crippen LogP contribution in [-0.4, -0.2) is 60.0 Å². The molecule has 2 unspecified atom stereocenters. The molecule has 0 saturated carbocycles. The fraction of sp³-hybridized carbons (Fsp3) is 0.400. The van der Waals surface area contributed by atoms with E-state index in [4.69, 9.17) is 9.47 Å². The molecule has 3 aromatic rings. The smallest absolute Gasteiger partial charge is 0.325 e. The number of ether oxygens (including phenoxy) is 2. The fourth-order valence-electron chi connectivity index (χ4n) is 7.51. The van der Waals surface area contributed by atoms with Gasteiger partial charge < -0.3 is 29.5 Å². The molecule has 60 heavy (non-hydrogen) atoms. The molecule has 0 heterocycles. The summed E-state index contributed by atoms with van der Waals surface area (Å²) in [5.41, 5.74) is 4.07. The Morgan fingerprint density at radius 2 is 1.20 bits per heavy atom. The second kappa shape index (κ2) is 21.4. The molecule has 0 aromatic heterocycles. The number of ketones is 2. The second-order valence-electron chi connectivity index (χ2n) is 15.9. The molecule has 0 bridgehead atoms. The maximum absolute atomic E-state index is 13.7. The van der Waals surface area contributed by atoms with Crippen LogP contribution in [0.1, 0.15) is 95.8 Å². The van der Waals surface area contributed by atoms with Gasteiger partial charge in [0.25, 0.3) is 0 Å². The van der Waals surface area contributed by atoms with Crippen LogP contribution in [0.4, 0.5) is 17.1 Å². The Labute approximate surface area is 354 Å². The molecule has 5 rings (SSSR count). The lowest BCUT2D eigenvalue weighted by atomic mass is 9.79. The number of phenolic OH excluding ortho intramolecular Hbond substituents is 1. The molecule has 10 heteroatoms. The van der Waals surface area contributed by atoms with E-state index in [1.165, 1.54) is 24.3 Å². The number of aliphatic hydroxyl groups is 1. The molecule has 0 radical (unpaired) electrons. The third-order valence-electron chi connectivity index (χ3n) is 11.3. The van der Waals surface area contributed by atoms with Crippen LogP contribution in [0.2, 0.25) is 0 Å². The number of anilines is 3. The Morgan fingerprint density at radius 1 is 0.667 bits per heavy atom. The van der Waals surface area contributed by atoms with E-state index < -0.39 is 29.3 Å². The summed E-state index contributed by atoms with van der Waals surface area (Å²) in [6, 6.07) is 19.8. The lowest BCUT2D eigenvalue weighted by Gasteiger charge is -2.29. The number of nitrogens with zero attached hydrogens (tertiary/aromatic N) is 2. The number of unbranched alkanes of at least 4 members (excludes halogenated alkanes) is 2. The van der Waals surface area contributed by atoms with Crippen molar-refractivity contribution >= 4 is 46.1 Å². The zero-order valence-electron chi connectivity index (χ0n) is 36.0. The Balaban J connectivity index is 1.37. The van der Waals surface area contributed by atoms with Crippen molar-refractivity contribution in [3.63, 3.8) is 0 Å². The number of Topliss-reactive ketones (excluding diaryl/α,β-unsaturated/α-hetero) is 1. The highest BCUT2D eigenvalue weighted by atomic mass is 16.5. The fourth-order valence-corrected chi connectivity index (χ4v) is 7.51. The monoisotopic (exact) mass is 816 g/mol. The molecule has 0 saturated heterocycles. The molecule has 0 spiro atoms. The lowest BCUT2D eigenvalue weighted by Crippen LogP contribution is -2.32. The van der Waals surface area contributed by atoms with Crippen LogP contribution in [0.3, 0.4) is 0 Å². The van der Waals surface area contributed by atoms with Gasteiger partial charge in [-0.05, 0) is 98.2 Å². The molecule has 2 N–H and O–H groups in total. The summed E-state index contributed by atoms with van der Waals surface area (Å²) in [5.74, 6) is -2.08. The number of aliphatic hydroxyl groups excluding tert-OH is 1. The van der Waals surface area contributed by atoms with Crippen molar-refractivity contribution in [2.75, 3.05) is 36.1 Å². The number of phenols is 1. The van der Waals surface area contributed by atoms with Crippen molar-refractivity contribution in [3.8, 4) is 5.75 Å². The molecule has 0 fully saturated rings. The normalized spacial score (nSPS) is 15.9. The van der Waals surface area contributed by atoms with E-state index in [9.17, 15) is 29.4 Å². The minimum atomic E-state index is -0.597. The number of benzene rings is 3. The molecule has 2 aliphatic carbocycles. The van der Waals surface area contributed by atoms with Gasteiger partial charge in [-0.25, -0.2) is 0 Å². The van der Waals surface area contributed by atoms with Gasteiger partial charge in [-0.1, -0.05) is 90.5 Å². The largest absolute Gasteiger partial charge is 0.507 e. The van der Waals surface area contributed by atoms with Crippen LogP contribution in [0.25, 0.3) is 5.57 Å². The maximum atomic E-state index is 13.7. The summed E-state index contributed by atoms with van der Waals surface area (Å²) in [6.45, 7) is 12.8. The molecule has 10 nitrogen and oxygen atoms in total. The van der Waals surface area contributed by atoms with Crippen molar-refractivity contribution in [3.05, 3.63) is 124 Å². The molecule has 0 aliphatic heterocycles. The SMILES string of the molecule is CCCCC(CC)COC(=O)CN(C1=CC(=O)C(=C2C(=O)C(c3ccc(N(CC(=O)OCC(CC)CCCC)c4cccc(C)c4)cc3O)=C2O)C=C1)c1cccc(C)c1. The second-order valence-corrected chi connectivity index (χ2v) is 15.9. The number of rotatable bonds is 21. The summed E-state index contributed by atoms with van der Waals surface area (Å²) >= 11 is 0. The first-order valence-electron chi connectivity index (χ1n) is 21.4. The summed E-state index contributed by atoms with van der Waals surface area (Å²) < 4.78 is 11.4. The summed E-state index contributed by atoms with van der Waals surface area (Å²) in [6.07, 6.45) is 12.5. The van der Waals surface area contributed by atoms with Gasteiger partial charge in [0.05, 0.1) is 24.4 Å². The summed E-state index contributed by atoms with van der Waals surface area (Å²) in [5, 5.41) is 22.6. The van der Waals surface area contributed by atoms with E-state index in [0.29, 0.717) is 36.0 Å². The van der Waals surface area contributed by atoms with Crippen LogP contribution in [0.5, 0.6) is 5.75 Å². The topological polar surface area (TPSA) is 134 Å². The van der Waals surface area contributed by atoms with E-state index in [0.717, 1.165) is 62.5 Å². The predicted octanol–water partition coefficient (Wildman–Crippen LogP) is 10.3. The van der Waals surface area contributed by atoms with E-state index in [-0.39, 0.29) is 53.0 Å². The van der Waals surface area contributed by atoms with Gasteiger partial charge in [-0.15, -0.1) is 0 Å². The quantitative estimate of drug-likeness (QED) is 0.0790. The number of carbonyl (C=O) groups is 4. The maximum Gasteiger partial charge on any atom is 0.325 e. The van der Waals surface area contributed by atoms with Gasteiger partial charge in [0.15, 0.2) is 5.78 Å². The molecule has 318 valence electrons.